The molecule has 1 unspecified atom stereocenters. The molecule has 1 amide bonds. The third-order valence-corrected chi connectivity index (χ3v) is 6.62. The summed E-state index contributed by atoms with van der Waals surface area (Å²) in [5.41, 5.74) is 2.52. The predicted molar refractivity (Wildman–Crippen MR) is 136 cm³/mol. The van der Waals surface area contributed by atoms with Gasteiger partial charge in [-0.05, 0) is 48.7 Å². The Morgan fingerprint density at radius 2 is 1.71 bits per heavy atom. The molecule has 0 saturated carbocycles. The van der Waals surface area contributed by atoms with Crippen LogP contribution in [0.15, 0.2) is 84.0 Å². The topological polar surface area (TPSA) is 69.0 Å². The number of carbonyl (C=O) groups excluding carboxylic acids is 1. The number of halogens is 1. The highest BCUT2D eigenvalue weighted by Gasteiger charge is 2.22. The van der Waals surface area contributed by atoms with Gasteiger partial charge in [0.05, 0.1) is 24.5 Å². The molecule has 0 aliphatic carbocycles. The zero-order chi connectivity index (χ0) is 24.6. The lowest BCUT2D eigenvalue weighted by atomic mass is 10.1. The molecule has 0 bridgehead atoms. The van der Waals surface area contributed by atoms with E-state index in [1.54, 1.807) is 25.3 Å². The van der Waals surface area contributed by atoms with E-state index in [-0.39, 0.29) is 11.7 Å². The van der Waals surface area contributed by atoms with Crippen LogP contribution in [-0.2, 0) is 17.8 Å². The fraction of sp³-hybridized carbons (Fsp3) is 0.222. The van der Waals surface area contributed by atoms with Gasteiger partial charge in [0, 0.05) is 6.54 Å². The zero-order valence-electron chi connectivity index (χ0n) is 19.6. The van der Waals surface area contributed by atoms with Crippen molar-refractivity contribution in [2.45, 2.75) is 30.3 Å². The van der Waals surface area contributed by atoms with Gasteiger partial charge in [-0.15, -0.1) is 10.2 Å². The highest BCUT2D eigenvalue weighted by molar-refractivity contribution is 8.00. The Morgan fingerprint density at radius 1 is 1.00 bits per heavy atom. The lowest BCUT2D eigenvalue weighted by molar-refractivity contribution is -0.120. The number of benzene rings is 3. The molecule has 1 aromatic heterocycles. The summed E-state index contributed by atoms with van der Waals surface area (Å²) in [4.78, 5) is 12.8. The molecule has 0 radical (unpaired) electrons. The maximum absolute atomic E-state index is 14.6. The summed E-state index contributed by atoms with van der Waals surface area (Å²) in [5, 5.41) is 11.7. The first-order valence-electron chi connectivity index (χ1n) is 11.3. The minimum Gasteiger partial charge on any atom is -0.497 e. The normalized spacial score (nSPS) is 11.7. The fourth-order valence-electron chi connectivity index (χ4n) is 3.60. The van der Waals surface area contributed by atoms with Crippen molar-refractivity contribution in [1.29, 1.82) is 0 Å². The van der Waals surface area contributed by atoms with Crippen LogP contribution in [0.5, 0.6) is 5.75 Å². The van der Waals surface area contributed by atoms with Crippen molar-refractivity contribution in [2.24, 2.45) is 0 Å². The van der Waals surface area contributed by atoms with Crippen LogP contribution in [0, 0.1) is 5.82 Å². The van der Waals surface area contributed by atoms with E-state index in [4.69, 9.17) is 4.74 Å². The molecule has 0 spiro atoms. The van der Waals surface area contributed by atoms with Crippen molar-refractivity contribution in [1.82, 2.24) is 20.1 Å². The molecule has 3 aromatic carbocycles. The second-order valence-corrected chi connectivity index (χ2v) is 9.31. The number of nitrogens with one attached hydrogen (secondary N) is 1. The van der Waals surface area contributed by atoms with Gasteiger partial charge in [-0.3, -0.25) is 9.36 Å². The highest BCUT2D eigenvalue weighted by Crippen LogP contribution is 2.29. The van der Waals surface area contributed by atoms with Crippen LogP contribution in [-0.4, -0.2) is 39.6 Å². The van der Waals surface area contributed by atoms with E-state index in [0.717, 1.165) is 23.3 Å². The fourth-order valence-corrected chi connectivity index (χ4v) is 4.48. The molecule has 35 heavy (non-hydrogen) atoms. The maximum atomic E-state index is 14.6. The summed E-state index contributed by atoms with van der Waals surface area (Å²) >= 11 is 1.31. The Labute approximate surface area is 208 Å². The second-order valence-electron chi connectivity index (χ2n) is 8.01. The Bertz CT molecular complexity index is 1260. The van der Waals surface area contributed by atoms with E-state index in [2.05, 4.69) is 15.5 Å². The molecule has 1 N–H and O–H groups in total. The van der Waals surface area contributed by atoms with Crippen LogP contribution in [0.2, 0.25) is 0 Å². The van der Waals surface area contributed by atoms with E-state index in [9.17, 15) is 9.18 Å². The number of nitrogens with zero attached hydrogens (tertiary/aromatic N) is 3. The molecule has 4 rings (SSSR count). The number of carbonyl (C=O) groups is 1. The predicted octanol–water partition coefficient (Wildman–Crippen LogP) is 4.98. The molecular weight excluding hydrogens is 463 g/mol. The largest absolute Gasteiger partial charge is 0.497 e. The Balaban J connectivity index is 1.46. The summed E-state index contributed by atoms with van der Waals surface area (Å²) in [6.45, 7) is 2.82. The van der Waals surface area contributed by atoms with Crippen LogP contribution in [0.3, 0.4) is 0 Å². The van der Waals surface area contributed by atoms with E-state index in [1.807, 2.05) is 66.1 Å². The van der Waals surface area contributed by atoms with Gasteiger partial charge in [0.25, 0.3) is 0 Å². The van der Waals surface area contributed by atoms with E-state index in [1.165, 1.54) is 17.8 Å². The van der Waals surface area contributed by atoms with E-state index >= 15 is 0 Å². The lowest BCUT2D eigenvalue weighted by Gasteiger charge is -2.14. The van der Waals surface area contributed by atoms with Gasteiger partial charge in [-0.1, -0.05) is 66.4 Å². The van der Waals surface area contributed by atoms with Crippen molar-refractivity contribution in [3.63, 3.8) is 0 Å². The van der Waals surface area contributed by atoms with Crippen LogP contribution >= 0.6 is 11.8 Å². The third-order valence-electron chi connectivity index (χ3n) is 5.54. The molecule has 1 atom stereocenters. The van der Waals surface area contributed by atoms with Crippen molar-refractivity contribution < 1.29 is 13.9 Å². The lowest BCUT2D eigenvalue weighted by Crippen LogP contribution is -2.32. The summed E-state index contributed by atoms with van der Waals surface area (Å²) in [6.07, 6.45) is 0.717. The van der Waals surface area contributed by atoms with Crippen molar-refractivity contribution in [3.05, 3.63) is 95.8 Å². The van der Waals surface area contributed by atoms with Crippen LogP contribution in [0.25, 0.3) is 11.4 Å². The van der Waals surface area contributed by atoms with Gasteiger partial charge >= 0.3 is 0 Å². The standard InChI is InChI=1S/C27H27FN4O2S/c1-19(26(33)29-17-16-20-12-14-22(34-2)15-13-20)35-27-31-30-25(23-10-6-7-11-24(23)28)32(27)18-21-8-4-3-5-9-21/h3-15,19H,16-18H2,1-2H3,(H,29,33). The van der Waals surface area contributed by atoms with E-state index < -0.39 is 5.25 Å². The smallest absolute Gasteiger partial charge is 0.233 e. The summed E-state index contributed by atoms with van der Waals surface area (Å²) < 4.78 is 21.6. The Hall–Kier alpha value is -3.65. The molecule has 0 aliphatic rings. The van der Waals surface area contributed by atoms with Gasteiger partial charge in [0.1, 0.15) is 11.6 Å². The zero-order valence-corrected chi connectivity index (χ0v) is 20.5. The molecule has 0 fully saturated rings. The number of hydrogen-bond donors (Lipinski definition) is 1. The highest BCUT2D eigenvalue weighted by atomic mass is 32.2. The maximum Gasteiger partial charge on any atom is 0.233 e. The molecule has 0 saturated heterocycles. The minimum atomic E-state index is -0.405. The number of ether oxygens (including phenoxy) is 1. The van der Waals surface area contributed by atoms with Crippen molar-refractivity contribution in [3.8, 4) is 17.1 Å². The monoisotopic (exact) mass is 490 g/mol. The first-order chi connectivity index (χ1) is 17.0. The quantitative estimate of drug-likeness (QED) is 0.318. The number of aromatic nitrogens is 3. The number of methoxy groups -OCH3 is 1. The summed E-state index contributed by atoms with van der Waals surface area (Å²) in [5.74, 6) is 0.777. The first-order valence-corrected chi connectivity index (χ1v) is 12.2. The van der Waals surface area contributed by atoms with Gasteiger partial charge in [0.15, 0.2) is 11.0 Å². The van der Waals surface area contributed by atoms with Gasteiger partial charge in [-0.2, -0.15) is 0 Å². The van der Waals surface area contributed by atoms with E-state index in [0.29, 0.717) is 29.6 Å². The molecule has 6 nitrogen and oxygen atoms in total. The third kappa shape index (κ3) is 6.27. The van der Waals surface area contributed by atoms with Crippen LogP contribution in [0.1, 0.15) is 18.1 Å². The molecule has 8 heteroatoms. The van der Waals surface area contributed by atoms with Crippen molar-refractivity contribution in [2.75, 3.05) is 13.7 Å². The molecule has 1 heterocycles. The number of thioether (sulfide) groups is 1. The minimum absolute atomic E-state index is 0.0924. The molecule has 0 aliphatic heterocycles. The van der Waals surface area contributed by atoms with Gasteiger partial charge in [0.2, 0.25) is 5.91 Å². The van der Waals surface area contributed by atoms with Crippen molar-refractivity contribution >= 4 is 17.7 Å². The second kappa shape index (κ2) is 11.7. The van der Waals surface area contributed by atoms with Gasteiger partial charge < -0.3 is 10.1 Å². The molecule has 4 aromatic rings. The SMILES string of the molecule is COc1ccc(CCNC(=O)C(C)Sc2nnc(-c3ccccc3F)n2Cc2ccccc2)cc1. The first kappa shape index (κ1) is 24.5. The molecule has 180 valence electrons. The summed E-state index contributed by atoms with van der Waals surface area (Å²) in [7, 11) is 1.63. The number of amides is 1. The van der Waals surface area contributed by atoms with Gasteiger partial charge in [-0.25, -0.2) is 4.39 Å². The average molecular weight is 491 g/mol. The Morgan fingerprint density at radius 3 is 2.43 bits per heavy atom. The summed E-state index contributed by atoms with van der Waals surface area (Å²) in [6, 6.07) is 24.1. The Kier molecular flexibility index (Phi) is 8.15. The number of rotatable bonds is 10. The van der Waals surface area contributed by atoms with Crippen LogP contribution < -0.4 is 10.1 Å². The molecular formula is C27H27FN4O2S. The number of hydrogen-bond acceptors (Lipinski definition) is 5. The average Bonchev–Trinajstić information content (AvgIpc) is 3.26. The van der Waals surface area contributed by atoms with Crippen LogP contribution in [0.4, 0.5) is 4.39 Å².